The average molecular weight is 303 g/mol. The molecule has 0 saturated heterocycles. The van der Waals surface area contributed by atoms with Crippen LogP contribution in [0.5, 0.6) is 0 Å². The van der Waals surface area contributed by atoms with Crippen LogP contribution in [0.25, 0.3) is 0 Å². The number of hydrogen-bond donors (Lipinski definition) is 2. The normalized spacial score (nSPS) is 12.1. The van der Waals surface area contributed by atoms with E-state index in [4.69, 9.17) is 17.3 Å². The molecule has 0 radical (unpaired) electrons. The van der Waals surface area contributed by atoms with Crippen molar-refractivity contribution in [2.75, 3.05) is 0 Å². The van der Waals surface area contributed by atoms with Crippen molar-refractivity contribution in [1.82, 2.24) is 5.32 Å². The van der Waals surface area contributed by atoms with E-state index >= 15 is 0 Å². The minimum atomic E-state index is -0.398. The van der Waals surface area contributed by atoms with Crippen LogP contribution in [0.4, 0.5) is 0 Å². The summed E-state index contributed by atoms with van der Waals surface area (Å²) in [7, 11) is 0. The van der Waals surface area contributed by atoms with E-state index in [0.717, 1.165) is 28.3 Å². The maximum atomic E-state index is 11.1. The second-order valence-corrected chi connectivity index (χ2v) is 5.60. The second-order valence-electron chi connectivity index (χ2n) is 5.16. The first kappa shape index (κ1) is 15.5. The van der Waals surface area contributed by atoms with E-state index in [1.165, 1.54) is 0 Å². The van der Waals surface area contributed by atoms with Crippen LogP contribution >= 0.6 is 11.6 Å². The highest BCUT2D eigenvalue weighted by atomic mass is 35.5. The van der Waals surface area contributed by atoms with Crippen molar-refractivity contribution in [3.63, 3.8) is 0 Å². The van der Waals surface area contributed by atoms with E-state index in [1.807, 2.05) is 43.3 Å². The van der Waals surface area contributed by atoms with E-state index in [1.54, 1.807) is 6.07 Å². The highest BCUT2D eigenvalue weighted by Crippen LogP contribution is 2.18. The summed E-state index contributed by atoms with van der Waals surface area (Å²) in [5.74, 6) is -0.398. The van der Waals surface area contributed by atoms with Gasteiger partial charge in [-0.1, -0.05) is 29.8 Å². The molecule has 0 heterocycles. The minimum Gasteiger partial charge on any atom is -0.366 e. The number of nitrogens with one attached hydrogen (secondary N) is 1. The molecule has 4 heteroatoms. The van der Waals surface area contributed by atoms with Gasteiger partial charge in [-0.25, -0.2) is 0 Å². The van der Waals surface area contributed by atoms with Crippen molar-refractivity contribution in [2.45, 2.75) is 26.4 Å². The summed E-state index contributed by atoms with van der Waals surface area (Å²) < 4.78 is 0. The Hall–Kier alpha value is -1.84. The maximum Gasteiger partial charge on any atom is 0.248 e. The van der Waals surface area contributed by atoms with Gasteiger partial charge in [0.2, 0.25) is 5.91 Å². The van der Waals surface area contributed by atoms with Crippen molar-refractivity contribution >= 4 is 17.5 Å². The van der Waals surface area contributed by atoms with Gasteiger partial charge in [0.05, 0.1) is 0 Å². The van der Waals surface area contributed by atoms with Crippen LogP contribution < -0.4 is 11.1 Å². The number of nitrogens with two attached hydrogens (primary N) is 1. The van der Waals surface area contributed by atoms with Gasteiger partial charge in [0.1, 0.15) is 0 Å². The molecule has 2 aromatic rings. The van der Waals surface area contributed by atoms with Crippen LogP contribution in [-0.4, -0.2) is 5.91 Å². The Morgan fingerprint density at radius 1 is 1.29 bits per heavy atom. The van der Waals surface area contributed by atoms with Gasteiger partial charge < -0.3 is 11.1 Å². The van der Waals surface area contributed by atoms with E-state index in [0.29, 0.717) is 5.56 Å². The summed E-state index contributed by atoms with van der Waals surface area (Å²) in [6, 6.07) is 13.5. The Labute approximate surface area is 130 Å². The minimum absolute atomic E-state index is 0.193. The summed E-state index contributed by atoms with van der Waals surface area (Å²) in [4.78, 5) is 11.1. The number of primary amides is 1. The lowest BCUT2D eigenvalue weighted by Gasteiger charge is -2.16. The molecule has 21 heavy (non-hydrogen) atoms. The molecule has 110 valence electrons. The van der Waals surface area contributed by atoms with Crippen LogP contribution in [0.15, 0.2) is 42.5 Å². The lowest BCUT2D eigenvalue weighted by atomic mass is 10.0. The monoisotopic (exact) mass is 302 g/mol. The number of carbonyl (C=O) groups excluding carboxylic acids is 1. The molecule has 0 aliphatic carbocycles. The summed E-state index contributed by atoms with van der Waals surface area (Å²) in [6.07, 6.45) is 0. The predicted molar refractivity (Wildman–Crippen MR) is 86.4 cm³/mol. The van der Waals surface area contributed by atoms with Gasteiger partial charge in [0.15, 0.2) is 0 Å². The number of aryl methyl sites for hydroxylation is 1. The average Bonchev–Trinajstić information content (AvgIpc) is 2.45. The Bertz CT molecular complexity index is 655. The number of benzene rings is 2. The van der Waals surface area contributed by atoms with E-state index in [-0.39, 0.29) is 6.04 Å². The zero-order chi connectivity index (χ0) is 15.4. The summed E-state index contributed by atoms with van der Waals surface area (Å²) >= 11 is 6.01. The number of halogens is 1. The first-order chi connectivity index (χ1) is 9.97. The summed E-state index contributed by atoms with van der Waals surface area (Å²) in [5, 5.41) is 4.20. The second kappa shape index (κ2) is 6.74. The molecule has 0 saturated carbocycles. The Morgan fingerprint density at radius 3 is 2.67 bits per heavy atom. The molecule has 0 fully saturated rings. The summed E-state index contributed by atoms with van der Waals surface area (Å²) in [6.45, 7) is 4.80. The van der Waals surface area contributed by atoms with Gasteiger partial charge in [0.25, 0.3) is 0 Å². The molecule has 1 unspecified atom stereocenters. The molecule has 1 atom stereocenters. The fourth-order valence-electron chi connectivity index (χ4n) is 2.20. The molecule has 0 aliphatic rings. The number of amides is 1. The van der Waals surface area contributed by atoms with Crippen LogP contribution in [0.1, 0.15) is 40.0 Å². The SMILES string of the molecule is Cc1cc(C(N)=O)ccc1CNC(C)c1cccc(Cl)c1. The van der Waals surface area contributed by atoms with E-state index in [9.17, 15) is 4.79 Å². The van der Waals surface area contributed by atoms with Crippen LogP contribution in [-0.2, 0) is 6.54 Å². The van der Waals surface area contributed by atoms with Crippen LogP contribution in [0.2, 0.25) is 5.02 Å². The number of hydrogen-bond acceptors (Lipinski definition) is 2. The van der Waals surface area contributed by atoms with Crippen molar-refractivity contribution in [1.29, 1.82) is 0 Å². The topological polar surface area (TPSA) is 55.1 Å². The molecule has 0 spiro atoms. The highest BCUT2D eigenvalue weighted by molar-refractivity contribution is 6.30. The van der Waals surface area contributed by atoms with Gasteiger partial charge in [0, 0.05) is 23.2 Å². The van der Waals surface area contributed by atoms with Crippen molar-refractivity contribution in [3.05, 3.63) is 69.7 Å². The quantitative estimate of drug-likeness (QED) is 0.886. The summed E-state index contributed by atoms with van der Waals surface area (Å²) in [5.41, 5.74) is 9.17. The third kappa shape index (κ3) is 4.06. The first-order valence-corrected chi connectivity index (χ1v) is 7.23. The zero-order valence-corrected chi connectivity index (χ0v) is 12.9. The molecule has 0 bridgehead atoms. The lowest BCUT2D eigenvalue weighted by Crippen LogP contribution is -2.19. The van der Waals surface area contributed by atoms with E-state index < -0.39 is 5.91 Å². The smallest absolute Gasteiger partial charge is 0.248 e. The maximum absolute atomic E-state index is 11.1. The fourth-order valence-corrected chi connectivity index (χ4v) is 2.40. The lowest BCUT2D eigenvalue weighted by molar-refractivity contribution is 0.1000. The molecular formula is C17H19ClN2O. The standard InChI is InChI=1S/C17H19ClN2O/c1-11-8-14(17(19)21)6-7-15(11)10-20-12(2)13-4-3-5-16(18)9-13/h3-9,12,20H,10H2,1-2H3,(H2,19,21). The number of carbonyl (C=O) groups is 1. The van der Waals surface area contributed by atoms with Crippen LogP contribution in [0.3, 0.4) is 0 Å². The van der Waals surface area contributed by atoms with E-state index in [2.05, 4.69) is 12.2 Å². The number of rotatable bonds is 5. The van der Waals surface area contributed by atoms with Gasteiger partial charge in [-0.2, -0.15) is 0 Å². The molecule has 0 aliphatic heterocycles. The van der Waals surface area contributed by atoms with Crippen molar-refractivity contribution in [2.24, 2.45) is 5.73 Å². The third-order valence-electron chi connectivity index (χ3n) is 3.57. The largest absolute Gasteiger partial charge is 0.366 e. The molecule has 2 aromatic carbocycles. The molecular weight excluding hydrogens is 284 g/mol. The predicted octanol–water partition coefficient (Wildman–Crippen LogP) is 3.60. The Kier molecular flexibility index (Phi) is 4.99. The molecule has 3 nitrogen and oxygen atoms in total. The Morgan fingerprint density at radius 2 is 2.05 bits per heavy atom. The first-order valence-electron chi connectivity index (χ1n) is 6.85. The molecule has 3 N–H and O–H groups in total. The molecule has 2 rings (SSSR count). The van der Waals surface area contributed by atoms with Gasteiger partial charge in [-0.3, -0.25) is 4.79 Å². The molecule has 1 amide bonds. The van der Waals surface area contributed by atoms with Crippen molar-refractivity contribution in [3.8, 4) is 0 Å². The van der Waals surface area contributed by atoms with Crippen LogP contribution in [0, 0.1) is 6.92 Å². The molecule has 0 aromatic heterocycles. The Balaban J connectivity index is 2.04. The van der Waals surface area contributed by atoms with Gasteiger partial charge in [-0.05, 0) is 54.8 Å². The fraction of sp³-hybridized carbons (Fsp3) is 0.235. The van der Waals surface area contributed by atoms with Crippen molar-refractivity contribution < 1.29 is 4.79 Å². The third-order valence-corrected chi connectivity index (χ3v) is 3.81. The zero-order valence-electron chi connectivity index (χ0n) is 12.2. The van der Waals surface area contributed by atoms with Gasteiger partial charge in [-0.15, -0.1) is 0 Å². The highest BCUT2D eigenvalue weighted by Gasteiger charge is 2.08. The van der Waals surface area contributed by atoms with Gasteiger partial charge >= 0.3 is 0 Å².